The normalized spacial score (nSPS) is 34.2. The molecule has 14 atom stereocenters. The number of benzene rings is 5. The molecule has 93 heavy (non-hydrogen) atoms. The Kier molecular flexibility index (Phi) is 16.6. The van der Waals surface area contributed by atoms with Crippen molar-refractivity contribution in [2.75, 3.05) is 13.7 Å². The van der Waals surface area contributed by atoms with Crippen LogP contribution in [0.2, 0.25) is 0 Å². The van der Waals surface area contributed by atoms with Gasteiger partial charge in [-0.2, -0.15) is 0 Å². The van der Waals surface area contributed by atoms with E-state index in [2.05, 4.69) is 154 Å². The first-order valence-electron chi connectivity index (χ1n) is 36.2. The molecule has 4 fully saturated rings. The minimum absolute atomic E-state index is 0.0339. The molecule has 5 N–H and O–H groups in total. The molecule has 5 aromatic rings. The summed E-state index contributed by atoms with van der Waals surface area (Å²) >= 11 is 0. The van der Waals surface area contributed by atoms with Gasteiger partial charge in [-0.25, -0.2) is 0 Å². The molecule has 5 aromatic carbocycles. The number of phenols is 1. The molecule has 0 aliphatic heterocycles. The number of aliphatic hydroxyl groups excluding tert-OH is 3. The Morgan fingerprint density at radius 1 is 0.763 bits per heavy atom. The van der Waals surface area contributed by atoms with Crippen LogP contribution in [0.1, 0.15) is 165 Å². The van der Waals surface area contributed by atoms with Crippen LogP contribution in [0.15, 0.2) is 186 Å². The van der Waals surface area contributed by atoms with Crippen molar-refractivity contribution in [3.05, 3.63) is 219 Å². The molecular formula is C86H100O7. The third-order valence-electron chi connectivity index (χ3n) is 27.7. The zero-order chi connectivity index (χ0) is 64.0. The van der Waals surface area contributed by atoms with Crippen LogP contribution in [0.25, 0.3) is 22.3 Å². The van der Waals surface area contributed by atoms with Gasteiger partial charge in [0.05, 0.1) is 31.0 Å². The number of allylic oxidation sites excluding steroid dienone is 9. The Balaban J connectivity index is 0.883. The molecule has 2 bridgehead atoms. The zero-order valence-electron chi connectivity index (χ0n) is 55.6. The first-order valence-corrected chi connectivity index (χ1v) is 36.2. The second-order valence-corrected chi connectivity index (χ2v) is 31.7. The fourth-order valence-electron chi connectivity index (χ4n) is 23.7. The average Bonchev–Trinajstić information content (AvgIpc) is 1.43. The minimum Gasteiger partial charge on any atom is -0.516 e. The number of aliphatic carboxylic acids is 1. The van der Waals surface area contributed by atoms with Gasteiger partial charge in [-0.05, 0) is 241 Å². The van der Waals surface area contributed by atoms with Gasteiger partial charge in [-0.1, -0.05) is 197 Å². The minimum atomic E-state index is -0.822. The van der Waals surface area contributed by atoms with E-state index in [0.29, 0.717) is 50.0 Å². The van der Waals surface area contributed by atoms with Crippen molar-refractivity contribution < 1.29 is 35.1 Å². The lowest BCUT2D eigenvalue weighted by atomic mass is 9.28. The van der Waals surface area contributed by atoms with Crippen molar-refractivity contribution >= 4 is 17.1 Å². The van der Waals surface area contributed by atoms with E-state index in [9.17, 15) is 30.3 Å². The topological polar surface area (TPSA) is 127 Å². The van der Waals surface area contributed by atoms with Gasteiger partial charge in [-0.3, -0.25) is 4.79 Å². The first kappa shape index (κ1) is 62.6. The maximum Gasteiger partial charge on any atom is 0.306 e. The Labute approximate surface area is 552 Å². The smallest absolute Gasteiger partial charge is 0.306 e. The molecule has 0 heterocycles. The van der Waals surface area contributed by atoms with Gasteiger partial charge < -0.3 is 30.3 Å². The molecular weight excluding hydrogens is 1140 g/mol. The predicted molar refractivity (Wildman–Crippen MR) is 372 cm³/mol. The first-order chi connectivity index (χ1) is 45.1. The van der Waals surface area contributed by atoms with Gasteiger partial charge in [0.2, 0.25) is 0 Å². The molecule has 0 aromatic heterocycles. The lowest BCUT2D eigenvalue weighted by Crippen LogP contribution is -2.71. The van der Waals surface area contributed by atoms with Gasteiger partial charge >= 0.3 is 5.97 Å². The maximum atomic E-state index is 14.6. The van der Waals surface area contributed by atoms with Crippen molar-refractivity contribution in [2.45, 2.75) is 174 Å². The highest BCUT2D eigenvalue weighted by Gasteiger charge is 2.78. The van der Waals surface area contributed by atoms with Gasteiger partial charge in [0.25, 0.3) is 0 Å². The molecule has 0 amide bonds. The Morgan fingerprint density at radius 2 is 1.49 bits per heavy atom. The summed E-state index contributed by atoms with van der Waals surface area (Å²) in [4.78, 5) is 14.6. The van der Waals surface area contributed by atoms with Crippen molar-refractivity contribution in [3.63, 3.8) is 0 Å². The standard InChI is InChI=1S/C86H100O7/c1-54(58-18-9-6-10-19-58)63(53-87)32-39-71(80(91)92)79-76(89)52-85(64-33-28-61(29-34-64)67(38-25-55-15-7-5-8-16-55)60-26-23-56(24-27-60)42-46-93-4)75-51-84-44-14-43-82(2)77(90)49-65-35-40-70-68-21-11-12-22-69(68)72(48-57-17-13-20-62(47-57)59-30-36-66(88)37-31-59)73(50-84)78(70)86(65,81(82)84)74(75)41-45-83(79,85)3/h5,7-8,11-17,20-24,26-27,30-31,35-37,40,44,47,50,53-54,58,61,64-65,67,71,76-79,81,87-90H,6,9-10,18-19,25,28-29,32-34,38-39,41-43,45-46,48-49,51-52H2,1-4H3,(H,91,92). The van der Waals surface area contributed by atoms with Gasteiger partial charge in [0.1, 0.15) is 5.75 Å². The van der Waals surface area contributed by atoms with Crippen molar-refractivity contribution in [1.82, 2.24) is 0 Å². The maximum absolute atomic E-state index is 14.6. The number of carboxylic acid groups (broad SMARTS) is 1. The molecule has 14 unspecified atom stereocenters. The zero-order valence-corrected chi connectivity index (χ0v) is 55.6. The summed E-state index contributed by atoms with van der Waals surface area (Å²) in [7, 11) is 1.78. The highest BCUT2D eigenvalue weighted by Crippen LogP contribution is 2.84. The number of methoxy groups -OCH3 is 1. The molecule has 4 saturated carbocycles. The number of rotatable bonds is 19. The second-order valence-electron chi connectivity index (χ2n) is 31.7. The van der Waals surface area contributed by atoms with E-state index in [0.717, 1.165) is 107 Å². The molecule has 10 aliphatic carbocycles. The van der Waals surface area contributed by atoms with Crippen molar-refractivity contribution in [1.29, 1.82) is 0 Å². The third kappa shape index (κ3) is 10.1. The predicted octanol–water partition coefficient (Wildman–Crippen LogP) is 17.1. The number of ether oxygens (including phenoxy) is 1. The van der Waals surface area contributed by atoms with Crippen molar-refractivity contribution in [3.8, 4) is 16.9 Å². The quantitative estimate of drug-likeness (QED) is 0.0412. The number of carbonyl (C=O) groups is 1. The van der Waals surface area contributed by atoms with Crippen LogP contribution in [-0.2, 0) is 28.8 Å². The van der Waals surface area contributed by atoms with E-state index in [-0.39, 0.29) is 40.8 Å². The lowest BCUT2D eigenvalue weighted by molar-refractivity contribution is -0.182. The van der Waals surface area contributed by atoms with Gasteiger partial charge in [0.15, 0.2) is 0 Å². The Bertz CT molecular complexity index is 3930. The number of fused-ring (bicyclic) bond motifs is 3. The van der Waals surface area contributed by atoms with E-state index in [1.54, 1.807) is 30.4 Å². The molecule has 7 nitrogen and oxygen atoms in total. The number of aliphatic hydroxyl groups is 3. The summed E-state index contributed by atoms with van der Waals surface area (Å²) in [6.07, 6.45) is 32.2. The molecule has 0 radical (unpaired) electrons. The number of carboxylic acids is 1. The average molecular weight is 1250 g/mol. The number of aryl methyl sites for hydroxylation is 1. The lowest BCUT2D eigenvalue weighted by Gasteiger charge is -2.75. The molecule has 7 heteroatoms. The summed E-state index contributed by atoms with van der Waals surface area (Å²) in [5.41, 5.74) is 13.6. The van der Waals surface area contributed by atoms with Crippen LogP contribution in [0.4, 0.5) is 0 Å². The van der Waals surface area contributed by atoms with Crippen molar-refractivity contribution in [2.24, 2.45) is 80.3 Å². The molecule has 486 valence electrons. The second kappa shape index (κ2) is 24.6. The van der Waals surface area contributed by atoms with Crippen LogP contribution in [-0.4, -0.2) is 57.4 Å². The van der Waals surface area contributed by atoms with E-state index < -0.39 is 51.7 Å². The van der Waals surface area contributed by atoms with Crippen LogP contribution >= 0.6 is 0 Å². The fraction of sp³-hybridized carbons (Fsp3) is 0.500. The SMILES string of the molecule is COCCc1ccc(C(CCc2ccccc2)C2CCC(C34CC(O)C(C(CCC(=CO)C(C)C5CCCCC5)C(=O)O)C3(C)CCC3=C4CC45C=CCC6(C)C(O)CC7C=CC8=c9ccccc9=C(Cc9cccc(-c%10ccc(O)cc%10)c9)C(=C4)C8C37C56)CC2)cc1. The molecule has 1 spiro atoms. The summed E-state index contributed by atoms with van der Waals surface area (Å²) in [6.45, 7) is 7.88. The van der Waals surface area contributed by atoms with Crippen LogP contribution in [0, 0.1) is 80.3 Å². The van der Waals surface area contributed by atoms with Crippen LogP contribution in [0.5, 0.6) is 5.75 Å². The van der Waals surface area contributed by atoms with Gasteiger partial charge in [0, 0.05) is 40.6 Å². The van der Waals surface area contributed by atoms with E-state index in [4.69, 9.17) is 4.74 Å². The number of phenolic OH excluding ortho intramolecular Hbond substituents is 1. The number of hydrogen-bond donors (Lipinski definition) is 5. The summed E-state index contributed by atoms with van der Waals surface area (Å²) in [5, 5.41) is 62.6. The van der Waals surface area contributed by atoms with E-state index in [1.165, 1.54) is 74.9 Å². The summed E-state index contributed by atoms with van der Waals surface area (Å²) in [6, 6.07) is 46.2. The molecule has 0 saturated heterocycles. The van der Waals surface area contributed by atoms with E-state index >= 15 is 0 Å². The number of aromatic hydroxyl groups is 1. The Hall–Kier alpha value is -6.51. The number of hydrogen-bond acceptors (Lipinski definition) is 6. The fourth-order valence-corrected chi connectivity index (χ4v) is 23.7. The third-order valence-corrected chi connectivity index (χ3v) is 27.7. The monoisotopic (exact) mass is 1240 g/mol. The summed E-state index contributed by atoms with van der Waals surface area (Å²) in [5.74, 6) is 0.105. The van der Waals surface area contributed by atoms with Crippen LogP contribution < -0.4 is 10.4 Å². The highest BCUT2D eigenvalue weighted by atomic mass is 16.5. The highest BCUT2D eigenvalue weighted by molar-refractivity contribution is 5.84. The van der Waals surface area contributed by atoms with E-state index in [1.807, 2.05) is 12.1 Å². The summed E-state index contributed by atoms with van der Waals surface area (Å²) < 4.78 is 5.51. The van der Waals surface area contributed by atoms with Crippen LogP contribution in [0.3, 0.4) is 0 Å². The molecule has 10 aliphatic rings. The Morgan fingerprint density at radius 3 is 2.24 bits per heavy atom. The largest absolute Gasteiger partial charge is 0.516 e. The van der Waals surface area contributed by atoms with Gasteiger partial charge in [-0.15, -0.1) is 0 Å². The molecule has 15 rings (SSSR count).